The van der Waals surface area contributed by atoms with Crippen LogP contribution < -0.4 is 9.64 Å². The molecule has 0 aromatic heterocycles. The molecule has 3 heteroatoms. The fourth-order valence-electron chi connectivity index (χ4n) is 5.94. The summed E-state index contributed by atoms with van der Waals surface area (Å²) >= 11 is 0. The van der Waals surface area contributed by atoms with Crippen molar-refractivity contribution in [2.24, 2.45) is 5.41 Å². The van der Waals surface area contributed by atoms with Gasteiger partial charge in [0.25, 0.3) is 0 Å². The number of fused-ring (bicyclic) bond motifs is 1. The monoisotopic (exact) mass is 485 g/mol. The molecule has 1 aliphatic rings. The summed E-state index contributed by atoms with van der Waals surface area (Å²) in [5.41, 5.74) is 8.43. The van der Waals surface area contributed by atoms with Crippen molar-refractivity contribution in [2.75, 3.05) is 18.6 Å². The van der Waals surface area contributed by atoms with E-state index >= 15 is 0 Å². The fraction of sp³-hybridized carbons (Fsp3) is 0.455. The summed E-state index contributed by atoms with van der Waals surface area (Å²) < 4.78 is 5.64. The Hall–Kier alpha value is -2.94. The number of nitrogens with zero attached hydrogens (tertiary/aromatic N) is 1. The van der Waals surface area contributed by atoms with Gasteiger partial charge in [-0.1, -0.05) is 63.6 Å². The van der Waals surface area contributed by atoms with Gasteiger partial charge in [0.05, 0.1) is 7.11 Å². The van der Waals surface area contributed by atoms with Crippen molar-refractivity contribution in [1.82, 2.24) is 0 Å². The number of rotatable bonds is 10. The lowest BCUT2D eigenvalue weighted by atomic mass is 9.79. The zero-order valence-corrected chi connectivity index (χ0v) is 22.8. The SMILES string of the molecule is CCCC(C)(C)Cc1ccc(CN(CC)c2cc(OC)ccc2[C@@H]2CCc3cc(O)ccc3C2)cc1. The van der Waals surface area contributed by atoms with Crippen LogP contribution >= 0.6 is 0 Å². The van der Waals surface area contributed by atoms with Crippen molar-refractivity contribution in [1.29, 1.82) is 0 Å². The smallest absolute Gasteiger partial charge is 0.120 e. The molecular formula is C33H43NO2. The standard InChI is InChI=1S/C33H43NO2/c1-6-18-33(3,4)22-24-8-10-25(11-9-24)23-34(7-2)32-21-30(36-5)16-17-31(32)28-13-12-27-20-29(35)15-14-26(27)19-28/h8-11,14-17,20-21,28,35H,6-7,12-13,18-19,22-23H2,1-5H3/t28-/m1/s1. The Morgan fingerprint density at radius 3 is 2.39 bits per heavy atom. The highest BCUT2D eigenvalue weighted by atomic mass is 16.5. The summed E-state index contributed by atoms with van der Waals surface area (Å²) in [7, 11) is 1.75. The van der Waals surface area contributed by atoms with E-state index in [2.05, 4.69) is 81.1 Å². The van der Waals surface area contributed by atoms with Crippen molar-refractivity contribution in [2.45, 2.75) is 78.7 Å². The second-order valence-corrected chi connectivity index (χ2v) is 11.2. The van der Waals surface area contributed by atoms with Crippen LogP contribution in [0.15, 0.2) is 60.7 Å². The lowest BCUT2D eigenvalue weighted by molar-refractivity contribution is 0.329. The van der Waals surface area contributed by atoms with Gasteiger partial charge in [-0.05, 0) is 96.4 Å². The lowest BCUT2D eigenvalue weighted by Crippen LogP contribution is -2.25. The predicted molar refractivity (Wildman–Crippen MR) is 151 cm³/mol. The summed E-state index contributed by atoms with van der Waals surface area (Å²) in [6, 6.07) is 21.7. The molecule has 0 spiro atoms. The van der Waals surface area contributed by atoms with E-state index in [9.17, 15) is 5.11 Å². The van der Waals surface area contributed by atoms with Crippen molar-refractivity contribution in [3.05, 3.63) is 88.5 Å². The van der Waals surface area contributed by atoms with Crippen LogP contribution in [0.25, 0.3) is 0 Å². The van der Waals surface area contributed by atoms with Crippen LogP contribution in [0, 0.1) is 5.41 Å². The average molecular weight is 486 g/mol. The van der Waals surface area contributed by atoms with E-state index in [-0.39, 0.29) is 0 Å². The third kappa shape index (κ3) is 6.24. The molecule has 0 amide bonds. The Morgan fingerprint density at radius 2 is 1.69 bits per heavy atom. The normalized spacial score (nSPS) is 15.4. The maximum atomic E-state index is 9.89. The quantitative estimate of drug-likeness (QED) is 0.315. The Balaban J connectivity index is 1.56. The topological polar surface area (TPSA) is 32.7 Å². The Morgan fingerprint density at radius 1 is 0.944 bits per heavy atom. The first kappa shape index (κ1) is 26.1. The molecule has 0 radical (unpaired) electrons. The number of phenolic OH excluding ortho intramolecular Hbond substituents is 1. The van der Waals surface area contributed by atoms with Gasteiger partial charge in [-0.3, -0.25) is 0 Å². The molecule has 1 N–H and O–H groups in total. The second kappa shape index (κ2) is 11.4. The predicted octanol–water partition coefficient (Wildman–Crippen LogP) is 8.07. The van der Waals surface area contributed by atoms with Crippen LogP contribution in [-0.2, 0) is 25.8 Å². The molecule has 0 saturated heterocycles. The van der Waals surface area contributed by atoms with Crippen molar-refractivity contribution in [3.8, 4) is 11.5 Å². The third-order valence-corrected chi connectivity index (χ3v) is 7.82. The highest BCUT2D eigenvalue weighted by molar-refractivity contribution is 5.60. The molecule has 36 heavy (non-hydrogen) atoms. The number of aromatic hydroxyl groups is 1. The van der Waals surface area contributed by atoms with Gasteiger partial charge in [0.15, 0.2) is 0 Å². The molecule has 3 aromatic rings. The molecular weight excluding hydrogens is 442 g/mol. The lowest BCUT2D eigenvalue weighted by Gasteiger charge is -2.32. The van der Waals surface area contributed by atoms with Crippen LogP contribution in [0.2, 0.25) is 0 Å². The minimum absolute atomic E-state index is 0.346. The molecule has 3 aromatic carbocycles. The van der Waals surface area contributed by atoms with Crippen LogP contribution in [-0.4, -0.2) is 18.8 Å². The maximum absolute atomic E-state index is 9.89. The third-order valence-electron chi connectivity index (χ3n) is 7.82. The van der Waals surface area contributed by atoms with Crippen LogP contribution in [0.1, 0.15) is 80.7 Å². The maximum Gasteiger partial charge on any atom is 0.120 e. The van der Waals surface area contributed by atoms with Crippen LogP contribution in [0.3, 0.4) is 0 Å². The molecule has 1 atom stereocenters. The van der Waals surface area contributed by atoms with E-state index in [1.807, 2.05) is 12.1 Å². The first-order chi connectivity index (χ1) is 17.3. The second-order valence-electron chi connectivity index (χ2n) is 11.2. The van der Waals surface area contributed by atoms with Crippen molar-refractivity contribution >= 4 is 5.69 Å². The highest BCUT2D eigenvalue weighted by Gasteiger charge is 2.25. The van der Waals surface area contributed by atoms with Gasteiger partial charge in [0.2, 0.25) is 0 Å². The van der Waals surface area contributed by atoms with Gasteiger partial charge >= 0.3 is 0 Å². The zero-order chi connectivity index (χ0) is 25.7. The fourth-order valence-corrected chi connectivity index (χ4v) is 5.94. The molecule has 0 heterocycles. The number of anilines is 1. The van der Waals surface area contributed by atoms with Crippen LogP contribution in [0.5, 0.6) is 11.5 Å². The van der Waals surface area contributed by atoms with Gasteiger partial charge in [0, 0.05) is 24.8 Å². The van der Waals surface area contributed by atoms with E-state index < -0.39 is 0 Å². The summed E-state index contributed by atoms with van der Waals surface area (Å²) in [6.07, 6.45) is 6.71. The Kier molecular flexibility index (Phi) is 8.28. The highest BCUT2D eigenvalue weighted by Crippen LogP contribution is 2.40. The number of benzene rings is 3. The first-order valence-corrected chi connectivity index (χ1v) is 13.6. The average Bonchev–Trinajstić information content (AvgIpc) is 2.87. The van der Waals surface area contributed by atoms with E-state index in [0.717, 1.165) is 44.5 Å². The largest absolute Gasteiger partial charge is 0.508 e. The van der Waals surface area contributed by atoms with Crippen molar-refractivity contribution in [3.63, 3.8) is 0 Å². The molecule has 1 aliphatic carbocycles. The minimum atomic E-state index is 0.346. The number of methoxy groups -OCH3 is 1. The zero-order valence-electron chi connectivity index (χ0n) is 22.8. The van der Waals surface area contributed by atoms with Crippen LogP contribution in [0.4, 0.5) is 5.69 Å². The van der Waals surface area contributed by atoms with E-state index in [4.69, 9.17) is 4.74 Å². The summed E-state index contributed by atoms with van der Waals surface area (Å²) in [6.45, 7) is 11.1. The van der Waals surface area contributed by atoms with Gasteiger partial charge < -0.3 is 14.7 Å². The molecule has 3 nitrogen and oxygen atoms in total. The first-order valence-electron chi connectivity index (χ1n) is 13.6. The number of aryl methyl sites for hydroxylation is 1. The number of hydrogen-bond acceptors (Lipinski definition) is 3. The summed E-state index contributed by atoms with van der Waals surface area (Å²) in [4.78, 5) is 2.49. The Bertz CT molecular complexity index is 1150. The van der Waals surface area contributed by atoms with Gasteiger partial charge in [-0.25, -0.2) is 0 Å². The minimum Gasteiger partial charge on any atom is -0.508 e. The molecule has 0 unspecified atom stereocenters. The number of ether oxygens (including phenoxy) is 1. The summed E-state index contributed by atoms with van der Waals surface area (Å²) in [5.74, 6) is 1.73. The Labute approximate surface area is 218 Å². The van der Waals surface area contributed by atoms with E-state index in [0.29, 0.717) is 17.1 Å². The van der Waals surface area contributed by atoms with Gasteiger partial charge in [-0.15, -0.1) is 0 Å². The van der Waals surface area contributed by atoms with Gasteiger partial charge in [-0.2, -0.15) is 0 Å². The van der Waals surface area contributed by atoms with Crippen molar-refractivity contribution < 1.29 is 9.84 Å². The van der Waals surface area contributed by atoms with E-state index in [1.54, 1.807) is 7.11 Å². The molecule has 0 aliphatic heterocycles. The molecule has 192 valence electrons. The van der Waals surface area contributed by atoms with Gasteiger partial charge in [0.1, 0.15) is 11.5 Å². The van der Waals surface area contributed by atoms with E-state index in [1.165, 1.54) is 46.3 Å². The number of phenols is 1. The summed E-state index contributed by atoms with van der Waals surface area (Å²) in [5, 5.41) is 9.89. The number of hydrogen-bond donors (Lipinski definition) is 1. The molecule has 0 fully saturated rings. The molecule has 0 saturated carbocycles. The molecule has 4 rings (SSSR count). The molecule has 0 bridgehead atoms.